The molecular weight excluding hydrogens is 395 g/mol. The molecule has 1 aromatic carbocycles. The highest BCUT2D eigenvalue weighted by molar-refractivity contribution is 14.1. The highest BCUT2D eigenvalue weighted by atomic mass is 127. The van der Waals surface area contributed by atoms with E-state index in [2.05, 4.69) is 43.8 Å². The van der Waals surface area contributed by atoms with Crippen molar-refractivity contribution < 1.29 is 4.79 Å². The van der Waals surface area contributed by atoms with E-state index >= 15 is 0 Å². The number of amides is 1. The Kier molecular flexibility index (Phi) is 4.43. The van der Waals surface area contributed by atoms with E-state index in [0.717, 1.165) is 33.2 Å². The summed E-state index contributed by atoms with van der Waals surface area (Å²) in [5, 5.41) is 3.22. The van der Waals surface area contributed by atoms with Crippen LogP contribution in [-0.4, -0.2) is 25.0 Å². The number of carbonyl (C=O) groups excluding carboxylic acids is 1. The van der Waals surface area contributed by atoms with Crippen molar-refractivity contribution in [2.24, 2.45) is 0 Å². The van der Waals surface area contributed by atoms with Gasteiger partial charge in [-0.15, -0.1) is 0 Å². The summed E-state index contributed by atoms with van der Waals surface area (Å²) >= 11 is 5.79. The molecule has 1 aromatic rings. The Bertz CT molecular complexity index is 439. The van der Waals surface area contributed by atoms with Crippen LogP contribution in [-0.2, 0) is 4.79 Å². The van der Waals surface area contributed by atoms with Crippen LogP contribution in [0.1, 0.15) is 13.3 Å². The zero-order valence-corrected chi connectivity index (χ0v) is 13.3. The number of hydrogen-bond donors (Lipinski definition) is 1. The summed E-state index contributed by atoms with van der Waals surface area (Å²) in [4.78, 5) is 14.0. The van der Waals surface area contributed by atoms with Crippen molar-refractivity contribution in [3.05, 3.63) is 26.2 Å². The van der Waals surface area contributed by atoms with Crippen molar-refractivity contribution >= 4 is 50.1 Å². The molecule has 5 heteroatoms. The minimum absolute atomic E-state index is 0.0221. The van der Waals surface area contributed by atoms with Gasteiger partial charge in [-0.3, -0.25) is 4.79 Å². The maximum Gasteiger partial charge on any atom is 0.244 e. The van der Waals surface area contributed by atoms with Crippen LogP contribution >= 0.6 is 38.5 Å². The number of nitrogens with zero attached hydrogens (tertiary/aromatic N) is 1. The molecule has 1 unspecified atom stereocenters. The molecule has 1 aliphatic heterocycles. The molecule has 1 aliphatic rings. The van der Waals surface area contributed by atoms with Crippen LogP contribution in [0.15, 0.2) is 22.7 Å². The van der Waals surface area contributed by atoms with Gasteiger partial charge in [0.1, 0.15) is 0 Å². The van der Waals surface area contributed by atoms with Crippen molar-refractivity contribution in [2.45, 2.75) is 19.4 Å². The maximum atomic E-state index is 12.2. The first-order valence-corrected chi connectivity index (χ1v) is 7.50. The summed E-state index contributed by atoms with van der Waals surface area (Å²) in [7, 11) is 0. The quantitative estimate of drug-likeness (QED) is 0.780. The SMILES string of the molecule is CCNC1CCN(c2ccc(I)cc2Br)C1=O. The molecule has 0 aromatic heterocycles. The van der Waals surface area contributed by atoms with Crippen LogP contribution in [0.3, 0.4) is 0 Å². The Labute approximate surface area is 123 Å². The summed E-state index contributed by atoms with van der Waals surface area (Å²) < 4.78 is 2.14. The number of halogens is 2. The Morgan fingerprint density at radius 1 is 1.59 bits per heavy atom. The summed E-state index contributed by atoms with van der Waals surface area (Å²) in [6.07, 6.45) is 0.880. The number of likely N-dealkylation sites (N-methyl/N-ethyl adjacent to an activating group) is 1. The van der Waals surface area contributed by atoms with E-state index in [-0.39, 0.29) is 11.9 Å². The maximum absolute atomic E-state index is 12.2. The molecule has 0 saturated carbocycles. The molecule has 3 nitrogen and oxygen atoms in total. The van der Waals surface area contributed by atoms with Gasteiger partial charge in [-0.1, -0.05) is 6.92 Å². The van der Waals surface area contributed by atoms with Crippen molar-refractivity contribution in [2.75, 3.05) is 18.0 Å². The van der Waals surface area contributed by atoms with Crippen molar-refractivity contribution in [1.29, 1.82) is 0 Å². The fourth-order valence-electron chi connectivity index (χ4n) is 2.06. The van der Waals surface area contributed by atoms with Crippen LogP contribution in [0.5, 0.6) is 0 Å². The predicted octanol–water partition coefficient (Wildman–Crippen LogP) is 2.77. The molecule has 0 radical (unpaired) electrons. The van der Waals surface area contributed by atoms with Gasteiger partial charge >= 0.3 is 0 Å². The molecule has 1 saturated heterocycles. The molecule has 0 aliphatic carbocycles. The fourth-order valence-corrected chi connectivity index (χ4v) is 3.57. The third-order valence-electron chi connectivity index (χ3n) is 2.86. The fraction of sp³-hybridized carbons (Fsp3) is 0.417. The number of benzene rings is 1. The number of hydrogen-bond acceptors (Lipinski definition) is 2. The first-order chi connectivity index (χ1) is 8.13. The second-order valence-electron chi connectivity index (χ2n) is 3.98. The van der Waals surface area contributed by atoms with Gasteiger partial charge in [-0.2, -0.15) is 0 Å². The average Bonchev–Trinajstić information content (AvgIpc) is 2.62. The predicted molar refractivity (Wildman–Crippen MR) is 81.3 cm³/mol. The molecule has 0 spiro atoms. The molecule has 17 heavy (non-hydrogen) atoms. The van der Waals surface area contributed by atoms with E-state index in [4.69, 9.17) is 0 Å². The Morgan fingerprint density at radius 3 is 3.00 bits per heavy atom. The van der Waals surface area contributed by atoms with E-state index in [1.54, 1.807) is 0 Å². The van der Waals surface area contributed by atoms with E-state index < -0.39 is 0 Å². The van der Waals surface area contributed by atoms with E-state index in [1.807, 2.05) is 30.0 Å². The van der Waals surface area contributed by atoms with Gasteiger partial charge in [0.25, 0.3) is 0 Å². The van der Waals surface area contributed by atoms with Gasteiger partial charge in [-0.25, -0.2) is 0 Å². The lowest BCUT2D eigenvalue weighted by Crippen LogP contribution is -2.38. The monoisotopic (exact) mass is 408 g/mol. The van der Waals surface area contributed by atoms with Crippen molar-refractivity contribution in [3.8, 4) is 0 Å². The molecule has 1 amide bonds. The molecule has 1 fully saturated rings. The Balaban J connectivity index is 2.21. The lowest BCUT2D eigenvalue weighted by Gasteiger charge is -2.18. The molecular formula is C12H14BrIN2O. The first kappa shape index (κ1) is 13.3. The van der Waals surface area contributed by atoms with Gasteiger partial charge < -0.3 is 10.2 Å². The third kappa shape index (κ3) is 2.82. The second kappa shape index (κ2) is 5.67. The normalized spacial score (nSPS) is 20.1. The van der Waals surface area contributed by atoms with Crippen LogP contribution in [0.4, 0.5) is 5.69 Å². The number of nitrogens with one attached hydrogen (secondary N) is 1. The van der Waals surface area contributed by atoms with Gasteiger partial charge in [0.05, 0.1) is 11.7 Å². The number of anilines is 1. The summed E-state index contributed by atoms with van der Waals surface area (Å²) in [5.74, 6) is 0.175. The molecule has 1 N–H and O–H groups in total. The van der Waals surface area contributed by atoms with Crippen LogP contribution in [0.25, 0.3) is 0 Å². The Hall–Kier alpha value is -0.140. The highest BCUT2D eigenvalue weighted by Gasteiger charge is 2.32. The third-order valence-corrected chi connectivity index (χ3v) is 4.16. The minimum Gasteiger partial charge on any atom is -0.310 e. The smallest absolute Gasteiger partial charge is 0.244 e. The Morgan fingerprint density at radius 2 is 2.35 bits per heavy atom. The van der Waals surface area contributed by atoms with E-state index in [9.17, 15) is 4.79 Å². The summed E-state index contributed by atoms with van der Waals surface area (Å²) in [5.41, 5.74) is 0.968. The lowest BCUT2D eigenvalue weighted by atomic mass is 10.2. The number of carbonyl (C=O) groups is 1. The average molecular weight is 409 g/mol. The molecule has 92 valence electrons. The minimum atomic E-state index is -0.0221. The largest absolute Gasteiger partial charge is 0.310 e. The standard InChI is InChI=1S/C12H14BrIN2O/c1-2-15-10-5-6-16(12(10)17)11-4-3-8(14)7-9(11)13/h3-4,7,10,15H,2,5-6H2,1H3. The van der Waals surface area contributed by atoms with Crippen molar-refractivity contribution in [3.63, 3.8) is 0 Å². The second-order valence-corrected chi connectivity index (χ2v) is 6.08. The topological polar surface area (TPSA) is 32.3 Å². The lowest BCUT2D eigenvalue weighted by molar-refractivity contribution is -0.118. The van der Waals surface area contributed by atoms with Gasteiger partial charge in [0.15, 0.2) is 0 Å². The molecule has 1 atom stereocenters. The van der Waals surface area contributed by atoms with Crippen LogP contribution in [0.2, 0.25) is 0 Å². The van der Waals surface area contributed by atoms with Crippen molar-refractivity contribution in [1.82, 2.24) is 5.32 Å². The highest BCUT2D eigenvalue weighted by Crippen LogP contribution is 2.30. The van der Waals surface area contributed by atoms with Gasteiger partial charge in [0.2, 0.25) is 5.91 Å². The zero-order valence-electron chi connectivity index (χ0n) is 9.54. The van der Waals surface area contributed by atoms with E-state index in [0.29, 0.717) is 0 Å². The summed E-state index contributed by atoms with van der Waals surface area (Å²) in [6.45, 7) is 3.64. The van der Waals surface area contributed by atoms with Crippen LogP contribution in [0, 0.1) is 3.57 Å². The molecule has 0 bridgehead atoms. The molecule has 2 rings (SSSR count). The molecule has 1 heterocycles. The van der Waals surface area contributed by atoms with E-state index in [1.165, 1.54) is 0 Å². The van der Waals surface area contributed by atoms with Gasteiger partial charge in [0, 0.05) is 14.6 Å². The zero-order chi connectivity index (χ0) is 12.4. The number of rotatable bonds is 3. The first-order valence-electron chi connectivity index (χ1n) is 5.63. The summed E-state index contributed by atoms with van der Waals surface area (Å²) in [6, 6.07) is 6.03. The van der Waals surface area contributed by atoms with Gasteiger partial charge in [-0.05, 0) is 69.7 Å². The van der Waals surface area contributed by atoms with Crippen LogP contribution < -0.4 is 10.2 Å².